The van der Waals surface area contributed by atoms with E-state index in [2.05, 4.69) is 9.71 Å². The number of aromatic nitrogens is 1. The fraction of sp³-hybridized carbons (Fsp3) is 0.0556. The zero-order chi connectivity index (χ0) is 20.3. The highest BCUT2D eigenvalue weighted by Gasteiger charge is 2.28. The van der Waals surface area contributed by atoms with Crippen LogP contribution in [0, 0.1) is 0 Å². The summed E-state index contributed by atoms with van der Waals surface area (Å²) in [6.45, 7) is 0. The Balaban J connectivity index is 1.89. The maximum absolute atomic E-state index is 13.7. The molecule has 0 bridgehead atoms. The molecule has 3 aromatic rings. The molecule has 0 aliphatic carbocycles. The Kier molecular flexibility index (Phi) is 6.50. The molecule has 2 aromatic carbocycles. The van der Waals surface area contributed by atoms with E-state index in [1.165, 1.54) is 33.6 Å². The Hall–Kier alpha value is -1.79. The summed E-state index contributed by atoms with van der Waals surface area (Å²) in [5, 5.41) is 0.159. The van der Waals surface area contributed by atoms with Gasteiger partial charge in [-0.05, 0) is 36.4 Å². The molecule has 146 valence electrons. The van der Waals surface area contributed by atoms with Crippen molar-refractivity contribution in [2.75, 3.05) is 4.72 Å². The van der Waals surface area contributed by atoms with Crippen molar-refractivity contribution in [1.29, 1.82) is 0 Å². The summed E-state index contributed by atoms with van der Waals surface area (Å²) >= 11 is 11.8. The molecule has 4 nitrogen and oxygen atoms in total. The van der Waals surface area contributed by atoms with Crippen molar-refractivity contribution in [2.24, 2.45) is 0 Å². The molecule has 0 spiro atoms. The fourth-order valence-corrected chi connectivity index (χ4v) is 3.83. The van der Waals surface area contributed by atoms with E-state index in [0.717, 1.165) is 6.07 Å². The normalized spacial score (nSPS) is 12.5. The monoisotopic (exact) mass is 460 g/mol. The van der Waals surface area contributed by atoms with Crippen LogP contribution in [0.25, 0.3) is 0 Å². The van der Waals surface area contributed by atoms with Crippen LogP contribution >= 0.6 is 32.4 Å². The van der Waals surface area contributed by atoms with E-state index in [1.54, 1.807) is 24.3 Å². The molecule has 0 aliphatic heterocycles. The first-order chi connectivity index (χ1) is 13.2. The van der Waals surface area contributed by atoms with Gasteiger partial charge in [-0.25, -0.2) is 9.19 Å². The number of rotatable bonds is 6. The van der Waals surface area contributed by atoms with Crippen molar-refractivity contribution in [2.45, 2.75) is 10.6 Å². The molecule has 0 saturated heterocycles. The average molecular weight is 461 g/mol. The Morgan fingerprint density at radius 1 is 1.11 bits per heavy atom. The van der Waals surface area contributed by atoms with Crippen molar-refractivity contribution in [1.82, 2.24) is 4.98 Å². The number of halogens is 4. The minimum Gasteiger partial charge on any atom is -0.437 e. The number of alkyl halides is 2. The summed E-state index contributed by atoms with van der Waals surface area (Å²) in [7, 11) is -0.487. The SMILES string of the molecule is O=S(Nc1cc(Cl)cnc1Oc1ccccc1)c1ccc(Cl)c(C(F)(F)P)c1. The second kappa shape index (κ2) is 8.70. The first-order valence-electron chi connectivity index (χ1n) is 7.77. The molecule has 0 amide bonds. The highest BCUT2D eigenvalue weighted by Crippen LogP contribution is 2.40. The molecule has 2 unspecified atom stereocenters. The Morgan fingerprint density at radius 2 is 1.82 bits per heavy atom. The summed E-state index contributed by atoms with van der Waals surface area (Å²) in [5.41, 5.74) is -3.46. The molecule has 1 N–H and O–H groups in total. The second-order valence-corrected chi connectivity index (χ2v) is 8.34. The summed E-state index contributed by atoms with van der Waals surface area (Å²) in [4.78, 5) is 4.20. The predicted octanol–water partition coefficient (Wildman–Crippen LogP) is 6.24. The maximum Gasteiger partial charge on any atom is 0.285 e. The van der Waals surface area contributed by atoms with Gasteiger partial charge in [0.1, 0.15) is 22.4 Å². The minimum absolute atomic E-state index is 0.104. The van der Waals surface area contributed by atoms with Crippen LogP contribution in [0.15, 0.2) is 65.7 Å². The maximum atomic E-state index is 13.7. The lowest BCUT2D eigenvalue weighted by molar-refractivity contribution is 0.104. The zero-order valence-corrected chi connectivity index (χ0v) is 17.5. The van der Waals surface area contributed by atoms with Gasteiger partial charge in [-0.2, -0.15) is 8.78 Å². The summed E-state index contributed by atoms with van der Waals surface area (Å²) in [5.74, 6) is 0.650. The second-order valence-electron chi connectivity index (χ2n) is 5.56. The van der Waals surface area contributed by atoms with Crippen LogP contribution in [0.5, 0.6) is 11.6 Å². The third kappa shape index (κ3) is 5.17. The van der Waals surface area contributed by atoms with E-state index in [-0.39, 0.29) is 26.5 Å². The van der Waals surface area contributed by atoms with Gasteiger partial charge in [0.2, 0.25) is 5.88 Å². The van der Waals surface area contributed by atoms with Gasteiger partial charge in [0.25, 0.3) is 5.66 Å². The van der Waals surface area contributed by atoms with Crippen LogP contribution in [0.2, 0.25) is 10.0 Å². The van der Waals surface area contributed by atoms with Gasteiger partial charge in [0, 0.05) is 11.8 Å². The number of pyridine rings is 1. The molecule has 3 rings (SSSR count). The van der Waals surface area contributed by atoms with Crippen LogP contribution in [-0.2, 0) is 16.6 Å². The Bertz CT molecular complexity index is 1020. The van der Waals surface area contributed by atoms with Crippen molar-refractivity contribution in [3.8, 4) is 11.6 Å². The van der Waals surface area contributed by atoms with Gasteiger partial charge in [-0.1, -0.05) is 50.6 Å². The summed E-state index contributed by atoms with van der Waals surface area (Å²) in [6.07, 6.45) is 1.38. The number of hydrogen-bond donors (Lipinski definition) is 1. The molecular weight excluding hydrogens is 448 g/mol. The first-order valence-corrected chi connectivity index (χ1v) is 10.3. The summed E-state index contributed by atoms with van der Waals surface area (Å²) in [6, 6.07) is 14.1. The molecule has 0 aliphatic rings. The van der Waals surface area contributed by atoms with E-state index in [4.69, 9.17) is 27.9 Å². The highest BCUT2D eigenvalue weighted by atomic mass is 35.5. The summed E-state index contributed by atoms with van der Waals surface area (Å²) < 4.78 is 48.4. The molecule has 28 heavy (non-hydrogen) atoms. The smallest absolute Gasteiger partial charge is 0.285 e. The lowest BCUT2D eigenvalue weighted by Gasteiger charge is -2.15. The number of benzene rings is 2. The van der Waals surface area contributed by atoms with Crippen molar-refractivity contribution >= 4 is 49.1 Å². The van der Waals surface area contributed by atoms with Crippen LogP contribution in [0.1, 0.15) is 5.56 Å². The van der Waals surface area contributed by atoms with Crippen LogP contribution in [0.3, 0.4) is 0 Å². The number of nitrogens with one attached hydrogen (secondary N) is 1. The Morgan fingerprint density at radius 3 is 2.50 bits per heavy atom. The molecule has 0 saturated carbocycles. The van der Waals surface area contributed by atoms with Crippen LogP contribution in [-0.4, -0.2) is 9.19 Å². The van der Waals surface area contributed by atoms with Gasteiger partial charge in [0.15, 0.2) is 0 Å². The van der Waals surface area contributed by atoms with Gasteiger partial charge >= 0.3 is 0 Å². The quantitative estimate of drug-likeness (QED) is 0.443. The predicted molar refractivity (Wildman–Crippen MR) is 111 cm³/mol. The third-order valence-corrected chi connectivity index (χ3v) is 5.42. The molecule has 1 aromatic heterocycles. The van der Waals surface area contributed by atoms with E-state index in [0.29, 0.717) is 5.75 Å². The lowest BCUT2D eigenvalue weighted by Crippen LogP contribution is -2.09. The number of ether oxygens (including phenoxy) is 1. The number of para-hydroxylation sites is 1. The molecule has 1 heterocycles. The van der Waals surface area contributed by atoms with Crippen molar-refractivity contribution in [3.63, 3.8) is 0 Å². The van der Waals surface area contributed by atoms with Gasteiger partial charge < -0.3 is 4.74 Å². The molecule has 10 heteroatoms. The number of nitrogens with zero attached hydrogens (tertiary/aromatic N) is 1. The standard InChI is InChI=1S/C18H13Cl2F2N2O2PS/c19-11-8-16(17(23-10-11)26-12-4-2-1-3-5-12)24-28(25)13-6-7-15(20)14(9-13)18(21,22)27/h1-10,24H,27H2. The van der Waals surface area contributed by atoms with Crippen molar-refractivity contribution < 1.29 is 17.7 Å². The van der Waals surface area contributed by atoms with E-state index < -0.39 is 22.2 Å². The van der Waals surface area contributed by atoms with Crippen LogP contribution in [0.4, 0.5) is 14.5 Å². The first kappa shape index (κ1) is 20.9. The molecule has 0 radical (unpaired) electrons. The average Bonchev–Trinajstić information content (AvgIpc) is 2.64. The van der Waals surface area contributed by atoms with E-state index >= 15 is 0 Å². The molecule has 0 fully saturated rings. The minimum atomic E-state index is -3.25. The topological polar surface area (TPSA) is 51.2 Å². The van der Waals surface area contributed by atoms with Crippen LogP contribution < -0.4 is 9.46 Å². The van der Waals surface area contributed by atoms with E-state index in [9.17, 15) is 13.0 Å². The van der Waals surface area contributed by atoms with Gasteiger partial charge in [-0.3, -0.25) is 4.72 Å². The highest BCUT2D eigenvalue weighted by molar-refractivity contribution is 7.86. The van der Waals surface area contributed by atoms with Gasteiger partial charge in [-0.15, -0.1) is 0 Å². The number of hydrogen-bond acceptors (Lipinski definition) is 3. The largest absolute Gasteiger partial charge is 0.437 e. The van der Waals surface area contributed by atoms with Gasteiger partial charge in [0.05, 0.1) is 14.9 Å². The van der Waals surface area contributed by atoms with Crippen molar-refractivity contribution in [3.05, 3.63) is 76.4 Å². The number of anilines is 1. The third-order valence-electron chi connectivity index (χ3n) is 3.49. The fourth-order valence-electron chi connectivity index (χ4n) is 2.22. The molecular formula is C18H13Cl2F2N2O2PS. The molecule has 2 atom stereocenters. The van der Waals surface area contributed by atoms with E-state index in [1.807, 2.05) is 6.07 Å². The Labute approximate surface area is 175 Å². The zero-order valence-electron chi connectivity index (χ0n) is 14.0. The lowest BCUT2D eigenvalue weighted by atomic mass is 10.2.